The minimum atomic E-state index is 0.995. The van der Waals surface area contributed by atoms with Gasteiger partial charge in [0.05, 0.1) is 0 Å². The van der Waals surface area contributed by atoms with Gasteiger partial charge in [-0.2, -0.15) is 0 Å². The molecule has 0 amide bonds. The van der Waals surface area contributed by atoms with Gasteiger partial charge in [0.15, 0.2) is 0 Å². The van der Waals surface area contributed by atoms with Crippen molar-refractivity contribution in [3.05, 3.63) is 0 Å². The second-order valence-corrected chi connectivity index (χ2v) is 5.10. The largest absolute Gasteiger partial charge is 0.306 e. The van der Waals surface area contributed by atoms with Crippen molar-refractivity contribution in [3.63, 3.8) is 0 Å². The number of hydrogen-bond acceptors (Lipinski definition) is 1. The maximum Gasteiger partial charge on any atom is 0.00434 e. The predicted octanol–water partition coefficient (Wildman–Crippen LogP) is 3.28. The van der Waals surface area contributed by atoms with E-state index in [1.807, 2.05) is 0 Å². The summed E-state index contributed by atoms with van der Waals surface area (Å²) in [5, 5.41) is 1.14. The quantitative estimate of drug-likeness (QED) is 0.675. The molecule has 0 saturated heterocycles. The van der Waals surface area contributed by atoms with Crippen LogP contribution in [-0.4, -0.2) is 30.4 Å². The first kappa shape index (κ1) is 11.5. The molecule has 13 heavy (non-hydrogen) atoms. The van der Waals surface area contributed by atoms with Gasteiger partial charge >= 0.3 is 0 Å². The van der Waals surface area contributed by atoms with Gasteiger partial charge in [0.1, 0.15) is 0 Å². The molecule has 0 aromatic rings. The summed E-state index contributed by atoms with van der Waals surface area (Å²) >= 11 is 3.48. The monoisotopic (exact) mass is 247 g/mol. The Morgan fingerprint density at radius 3 is 2.54 bits per heavy atom. The number of alkyl halides is 1. The molecule has 0 radical (unpaired) electrons. The summed E-state index contributed by atoms with van der Waals surface area (Å²) in [4.78, 5) is 2.50. The van der Waals surface area contributed by atoms with Crippen LogP contribution >= 0.6 is 15.9 Å². The first-order chi connectivity index (χ1) is 6.33. The van der Waals surface area contributed by atoms with Crippen LogP contribution in [-0.2, 0) is 0 Å². The lowest BCUT2D eigenvalue weighted by molar-refractivity contribution is 0.234. The Hall–Kier alpha value is 0.440. The smallest absolute Gasteiger partial charge is 0.00434 e. The molecular formula is C11H22BrN. The fourth-order valence-electron chi connectivity index (χ4n) is 2.23. The Morgan fingerprint density at radius 1 is 1.23 bits per heavy atom. The van der Waals surface area contributed by atoms with Gasteiger partial charge in [-0.05, 0) is 38.8 Å². The van der Waals surface area contributed by atoms with Crippen molar-refractivity contribution in [2.75, 3.05) is 25.5 Å². The molecule has 1 saturated carbocycles. The van der Waals surface area contributed by atoms with E-state index in [-0.39, 0.29) is 0 Å². The van der Waals surface area contributed by atoms with Crippen molar-refractivity contribution < 1.29 is 0 Å². The van der Waals surface area contributed by atoms with Crippen molar-refractivity contribution in [2.45, 2.75) is 38.5 Å². The van der Waals surface area contributed by atoms with E-state index in [9.17, 15) is 0 Å². The normalized spacial score (nSPS) is 19.6. The lowest BCUT2D eigenvalue weighted by atomic mass is 9.89. The summed E-state index contributed by atoms with van der Waals surface area (Å²) in [5.74, 6) is 0.995. The molecule has 0 aromatic carbocycles. The van der Waals surface area contributed by atoms with Crippen molar-refractivity contribution in [1.29, 1.82) is 0 Å². The molecule has 0 heterocycles. The van der Waals surface area contributed by atoms with Crippen LogP contribution in [0.1, 0.15) is 38.5 Å². The van der Waals surface area contributed by atoms with Crippen LogP contribution in [0.3, 0.4) is 0 Å². The van der Waals surface area contributed by atoms with Gasteiger partial charge in [-0.1, -0.05) is 35.2 Å². The summed E-state index contributed by atoms with van der Waals surface area (Å²) < 4.78 is 0. The Balaban J connectivity index is 2.07. The fourth-order valence-corrected chi connectivity index (χ4v) is 2.48. The summed E-state index contributed by atoms with van der Waals surface area (Å²) in [5.41, 5.74) is 0. The SMILES string of the molecule is CN(CCCBr)CC1CCCCC1. The molecule has 1 aliphatic carbocycles. The molecular weight excluding hydrogens is 226 g/mol. The summed E-state index contributed by atoms with van der Waals surface area (Å²) in [6.07, 6.45) is 8.63. The summed E-state index contributed by atoms with van der Waals surface area (Å²) in [7, 11) is 2.26. The molecule has 78 valence electrons. The van der Waals surface area contributed by atoms with Crippen LogP contribution < -0.4 is 0 Å². The second kappa shape index (κ2) is 6.83. The van der Waals surface area contributed by atoms with Gasteiger partial charge < -0.3 is 4.90 Å². The third-order valence-electron chi connectivity index (χ3n) is 2.97. The molecule has 0 spiro atoms. The lowest BCUT2D eigenvalue weighted by Gasteiger charge is -2.26. The Morgan fingerprint density at radius 2 is 1.92 bits per heavy atom. The van der Waals surface area contributed by atoms with E-state index in [0.717, 1.165) is 11.2 Å². The zero-order chi connectivity index (χ0) is 9.52. The average molecular weight is 248 g/mol. The molecule has 1 fully saturated rings. The highest BCUT2D eigenvalue weighted by Gasteiger charge is 2.14. The minimum absolute atomic E-state index is 0.995. The minimum Gasteiger partial charge on any atom is -0.306 e. The van der Waals surface area contributed by atoms with Crippen LogP contribution in [0.25, 0.3) is 0 Å². The molecule has 1 nitrogen and oxygen atoms in total. The second-order valence-electron chi connectivity index (χ2n) is 4.31. The maximum absolute atomic E-state index is 3.48. The molecule has 1 rings (SSSR count). The topological polar surface area (TPSA) is 3.24 Å². The first-order valence-electron chi connectivity index (χ1n) is 5.57. The van der Waals surface area contributed by atoms with Crippen LogP contribution in [0.5, 0.6) is 0 Å². The maximum atomic E-state index is 3.48. The molecule has 0 bridgehead atoms. The Labute approximate surface area is 91.0 Å². The van der Waals surface area contributed by atoms with E-state index in [2.05, 4.69) is 27.9 Å². The molecule has 1 aliphatic rings. The molecule has 0 N–H and O–H groups in total. The van der Waals surface area contributed by atoms with E-state index < -0.39 is 0 Å². The van der Waals surface area contributed by atoms with Gasteiger partial charge in [-0.25, -0.2) is 0 Å². The van der Waals surface area contributed by atoms with Crippen LogP contribution in [0.4, 0.5) is 0 Å². The van der Waals surface area contributed by atoms with Crippen molar-refractivity contribution in [1.82, 2.24) is 4.90 Å². The fraction of sp³-hybridized carbons (Fsp3) is 1.00. The van der Waals surface area contributed by atoms with E-state index in [1.54, 1.807) is 0 Å². The van der Waals surface area contributed by atoms with Crippen LogP contribution in [0, 0.1) is 5.92 Å². The van der Waals surface area contributed by atoms with Gasteiger partial charge in [-0.15, -0.1) is 0 Å². The molecule has 2 heteroatoms. The van der Waals surface area contributed by atoms with Crippen molar-refractivity contribution >= 4 is 15.9 Å². The van der Waals surface area contributed by atoms with E-state index >= 15 is 0 Å². The van der Waals surface area contributed by atoms with E-state index in [4.69, 9.17) is 0 Å². The number of hydrogen-bond donors (Lipinski definition) is 0. The highest BCUT2D eigenvalue weighted by molar-refractivity contribution is 9.09. The third-order valence-corrected chi connectivity index (χ3v) is 3.53. The van der Waals surface area contributed by atoms with Crippen molar-refractivity contribution in [3.8, 4) is 0 Å². The number of rotatable bonds is 5. The molecule has 0 aliphatic heterocycles. The standard InChI is InChI=1S/C11H22BrN/c1-13(9-5-8-12)10-11-6-3-2-4-7-11/h11H,2-10H2,1H3. The van der Waals surface area contributed by atoms with E-state index in [1.165, 1.54) is 51.6 Å². The number of nitrogens with zero attached hydrogens (tertiary/aromatic N) is 1. The summed E-state index contributed by atoms with van der Waals surface area (Å²) in [6, 6.07) is 0. The highest BCUT2D eigenvalue weighted by atomic mass is 79.9. The molecule has 0 aromatic heterocycles. The highest BCUT2D eigenvalue weighted by Crippen LogP contribution is 2.23. The van der Waals surface area contributed by atoms with Crippen molar-refractivity contribution in [2.24, 2.45) is 5.92 Å². The van der Waals surface area contributed by atoms with Gasteiger partial charge in [-0.3, -0.25) is 0 Å². The lowest BCUT2D eigenvalue weighted by Crippen LogP contribution is -2.28. The Bertz CT molecular complexity index is 121. The van der Waals surface area contributed by atoms with E-state index in [0.29, 0.717) is 0 Å². The van der Waals surface area contributed by atoms with Crippen LogP contribution in [0.2, 0.25) is 0 Å². The zero-order valence-corrected chi connectivity index (χ0v) is 10.4. The summed E-state index contributed by atoms with van der Waals surface area (Å²) in [6.45, 7) is 2.58. The molecule has 0 unspecified atom stereocenters. The zero-order valence-electron chi connectivity index (χ0n) is 8.77. The average Bonchev–Trinajstić information content (AvgIpc) is 2.16. The number of halogens is 1. The third kappa shape index (κ3) is 5.02. The molecule has 0 atom stereocenters. The van der Waals surface area contributed by atoms with Gasteiger partial charge in [0, 0.05) is 11.9 Å². The van der Waals surface area contributed by atoms with Crippen LogP contribution in [0.15, 0.2) is 0 Å². The van der Waals surface area contributed by atoms with Gasteiger partial charge in [0.25, 0.3) is 0 Å². The van der Waals surface area contributed by atoms with Gasteiger partial charge in [0.2, 0.25) is 0 Å². The first-order valence-corrected chi connectivity index (χ1v) is 6.69. The predicted molar refractivity (Wildman–Crippen MR) is 62.5 cm³/mol. The Kier molecular flexibility index (Phi) is 6.05.